The molecule has 312 valence electrons. The molecule has 0 fully saturated rings. The van der Waals surface area contributed by atoms with Crippen LogP contribution in [-0.2, 0) is 10.8 Å². The minimum atomic E-state index is -0.465. The number of para-hydroxylation sites is 2. The molecule has 0 amide bonds. The fraction of sp³-hybridized carbons (Fsp3) is 0.0625. The van der Waals surface area contributed by atoms with Crippen molar-refractivity contribution in [2.75, 3.05) is 4.90 Å². The maximum Gasteiger partial charge on any atom is 0.0713 e. The quantitative estimate of drug-likeness (QED) is 0.155. The third-order valence-corrected chi connectivity index (χ3v) is 14.7. The fourth-order valence-corrected chi connectivity index (χ4v) is 11.7. The number of fused-ring (bicyclic) bond motifs is 9. The largest absolute Gasteiger partial charge is 0.310 e. The van der Waals surface area contributed by atoms with Crippen molar-refractivity contribution in [3.8, 4) is 39.1 Å². The van der Waals surface area contributed by atoms with Crippen molar-refractivity contribution in [1.29, 1.82) is 0 Å². The fourth-order valence-electron chi connectivity index (χ4n) is 11.7. The van der Waals surface area contributed by atoms with Crippen LogP contribution in [0, 0.1) is 0 Å². The van der Waals surface area contributed by atoms with Gasteiger partial charge in [-0.25, -0.2) is 0 Å². The number of rotatable bonds is 7. The van der Waals surface area contributed by atoms with Crippen LogP contribution < -0.4 is 4.90 Å². The molecule has 10 aromatic carbocycles. The van der Waals surface area contributed by atoms with Crippen LogP contribution in [0.4, 0.5) is 17.1 Å². The lowest BCUT2D eigenvalue weighted by Crippen LogP contribution is -2.28. The molecule has 1 heterocycles. The highest BCUT2D eigenvalue weighted by molar-refractivity contribution is 6.09. The highest BCUT2D eigenvalue weighted by Crippen LogP contribution is 2.58. The number of benzene rings is 10. The summed E-state index contributed by atoms with van der Waals surface area (Å²) < 4.78 is 2.38. The maximum atomic E-state index is 2.50. The Morgan fingerprint density at radius 2 is 0.864 bits per heavy atom. The summed E-state index contributed by atoms with van der Waals surface area (Å²) in [6.07, 6.45) is 0. The minimum absolute atomic E-state index is 0.134. The Bertz CT molecular complexity index is 3560. The van der Waals surface area contributed by atoms with Crippen LogP contribution in [0.2, 0.25) is 0 Å². The average molecular weight is 843 g/mol. The molecule has 1 aromatic heterocycles. The Morgan fingerprint density at radius 3 is 1.52 bits per heavy atom. The van der Waals surface area contributed by atoms with Crippen molar-refractivity contribution in [2.45, 2.75) is 24.7 Å². The normalized spacial score (nSPS) is 13.8. The van der Waals surface area contributed by atoms with E-state index in [9.17, 15) is 0 Å². The number of hydrogen-bond acceptors (Lipinski definition) is 1. The summed E-state index contributed by atoms with van der Waals surface area (Å²) >= 11 is 0. The SMILES string of the molecule is CC1(C)c2ccccc2-c2c(N(c3ccc(-c4ccc(-n5c6ccccc6c6ccccc65)cc4)cc3)c3ccc4c(c3)-c3ccccc3C4(c3ccccc3)c3ccccc3)cccc21. The topological polar surface area (TPSA) is 8.17 Å². The zero-order valence-corrected chi connectivity index (χ0v) is 37.0. The molecule has 0 radical (unpaired) electrons. The van der Waals surface area contributed by atoms with E-state index < -0.39 is 5.41 Å². The lowest BCUT2D eigenvalue weighted by molar-refractivity contribution is 0.660. The molecule has 2 heteroatoms. The molecule has 0 saturated heterocycles. The number of aromatic nitrogens is 1. The van der Waals surface area contributed by atoms with E-state index >= 15 is 0 Å². The third kappa shape index (κ3) is 5.48. The van der Waals surface area contributed by atoms with Gasteiger partial charge in [0.1, 0.15) is 0 Å². The smallest absolute Gasteiger partial charge is 0.0713 e. The van der Waals surface area contributed by atoms with E-state index in [0.29, 0.717) is 0 Å². The van der Waals surface area contributed by atoms with Crippen LogP contribution >= 0.6 is 0 Å². The first-order valence-corrected chi connectivity index (χ1v) is 23.1. The van der Waals surface area contributed by atoms with Crippen molar-refractivity contribution in [1.82, 2.24) is 4.57 Å². The van der Waals surface area contributed by atoms with Crippen molar-refractivity contribution in [3.63, 3.8) is 0 Å². The lowest BCUT2D eigenvalue weighted by atomic mass is 9.68. The first-order chi connectivity index (χ1) is 32.5. The number of hydrogen-bond donors (Lipinski definition) is 0. The zero-order chi connectivity index (χ0) is 44.0. The highest BCUT2D eigenvalue weighted by atomic mass is 15.1. The predicted molar refractivity (Wildman–Crippen MR) is 276 cm³/mol. The van der Waals surface area contributed by atoms with Gasteiger partial charge in [0, 0.05) is 38.8 Å². The molecule has 0 saturated carbocycles. The molecule has 0 spiro atoms. The van der Waals surface area contributed by atoms with E-state index in [2.05, 4.69) is 266 Å². The average Bonchev–Trinajstić information content (AvgIpc) is 3.96. The third-order valence-electron chi connectivity index (χ3n) is 14.7. The summed E-state index contributed by atoms with van der Waals surface area (Å²) in [4.78, 5) is 2.50. The molecular formula is C64H46N2. The van der Waals surface area contributed by atoms with E-state index in [4.69, 9.17) is 0 Å². The second kappa shape index (κ2) is 14.7. The van der Waals surface area contributed by atoms with E-state index in [-0.39, 0.29) is 5.41 Å². The van der Waals surface area contributed by atoms with Crippen molar-refractivity contribution in [3.05, 3.63) is 276 Å². The van der Waals surface area contributed by atoms with Crippen LogP contribution in [-0.4, -0.2) is 4.57 Å². The molecule has 66 heavy (non-hydrogen) atoms. The Hall–Kier alpha value is -8.20. The summed E-state index contributed by atoms with van der Waals surface area (Å²) in [6.45, 7) is 4.73. The zero-order valence-electron chi connectivity index (χ0n) is 37.0. The van der Waals surface area contributed by atoms with Gasteiger partial charge in [0.15, 0.2) is 0 Å². The van der Waals surface area contributed by atoms with Gasteiger partial charge in [-0.15, -0.1) is 0 Å². The molecular weight excluding hydrogens is 797 g/mol. The van der Waals surface area contributed by atoms with Gasteiger partial charge in [0.05, 0.1) is 22.1 Å². The monoisotopic (exact) mass is 842 g/mol. The summed E-state index contributed by atoms with van der Waals surface area (Å²) in [5, 5.41) is 2.54. The van der Waals surface area contributed by atoms with Crippen LogP contribution in [0.1, 0.15) is 47.2 Å². The maximum absolute atomic E-state index is 2.50. The summed E-state index contributed by atoms with van der Waals surface area (Å²) in [6, 6.07) is 89.9. The first kappa shape index (κ1) is 38.3. The number of nitrogens with zero attached hydrogens (tertiary/aromatic N) is 2. The first-order valence-electron chi connectivity index (χ1n) is 23.1. The molecule has 0 aliphatic heterocycles. The highest BCUT2D eigenvalue weighted by Gasteiger charge is 2.46. The van der Waals surface area contributed by atoms with Gasteiger partial charge in [-0.05, 0) is 116 Å². The second-order valence-electron chi connectivity index (χ2n) is 18.4. The van der Waals surface area contributed by atoms with Gasteiger partial charge in [0.25, 0.3) is 0 Å². The summed E-state index contributed by atoms with van der Waals surface area (Å²) in [7, 11) is 0. The van der Waals surface area contributed by atoms with E-state index in [1.165, 1.54) is 94.3 Å². The molecule has 2 aliphatic carbocycles. The predicted octanol–water partition coefficient (Wildman–Crippen LogP) is 16.6. The second-order valence-corrected chi connectivity index (χ2v) is 18.4. The lowest BCUT2D eigenvalue weighted by Gasteiger charge is -2.34. The summed E-state index contributed by atoms with van der Waals surface area (Å²) in [5.74, 6) is 0. The Kier molecular flexibility index (Phi) is 8.51. The minimum Gasteiger partial charge on any atom is -0.310 e. The van der Waals surface area contributed by atoms with Crippen molar-refractivity contribution in [2.24, 2.45) is 0 Å². The van der Waals surface area contributed by atoms with E-state index in [1.807, 2.05) is 0 Å². The molecule has 2 aliphatic rings. The molecule has 0 unspecified atom stereocenters. The van der Waals surface area contributed by atoms with Crippen LogP contribution in [0.3, 0.4) is 0 Å². The van der Waals surface area contributed by atoms with Crippen LogP contribution in [0.5, 0.6) is 0 Å². The van der Waals surface area contributed by atoms with Gasteiger partial charge in [0.2, 0.25) is 0 Å². The van der Waals surface area contributed by atoms with Gasteiger partial charge in [-0.3, -0.25) is 0 Å². The van der Waals surface area contributed by atoms with Gasteiger partial charge >= 0.3 is 0 Å². The van der Waals surface area contributed by atoms with Gasteiger partial charge < -0.3 is 9.47 Å². The van der Waals surface area contributed by atoms with Gasteiger partial charge in [-0.2, -0.15) is 0 Å². The van der Waals surface area contributed by atoms with E-state index in [0.717, 1.165) is 17.1 Å². The molecule has 0 atom stereocenters. The molecule has 2 nitrogen and oxygen atoms in total. The Morgan fingerprint density at radius 1 is 0.364 bits per heavy atom. The van der Waals surface area contributed by atoms with Crippen LogP contribution in [0.25, 0.3) is 60.9 Å². The van der Waals surface area contributed by atoms with Gasteiger partial charge in [-0.1, -0.05) is 202 Å². The molecule has 0 N–H and O–H groups in total. The molecule has 11 aromatic rings. The Balaban J connectivity index is 0.972. The molecule has 13 rings (SSSR count). The Labute approximate surface area is 386 Å². The van der Waals surface area contributed by atoms with E-state index in [1.54, 1.807) is 0 Å². The van der Waals surface area contributed by atoms with Crippen molar-refractivity contribution >= 4 is 38.9 Å². The standard InChI is InChI=1S/C64H46N2/c1-63(2)55-26-13-10-25-53(55)62-58(63)28-17-31-61(62)65(47-36-32-43(33-37-47)44-34-38-48(39-35-44)66-59-29-15-11-23-51(59)52-24-12-16-30-60(52)66)49-40-41-57-54(42-49)50-22-9-14-27-56(50)64(57,45-18-5-3-6-19-45)46-20-7-4-8-21-46/h3-42H,1-2H3. The number of anilines is 3. The molecule has 0 bridgehead atoms. The summed E-state index contributed by atoms with van der Waals surface area (Å²) in [5.41, 5.74) is 21.8. The van der Waals surface area contributed by atoms with Crippen LogP contribution in [0.15, 0.2) is 243 Å². The van der Waals surface area contributed by atoms with Crippen molar-refractivity contribution < 1.29 is 0 Å².